The number of nitrogens with zero attached hydrogens (tertiary/aromatic N) is 3. The minimum atomic E-state index is 0.401. The highest BCUT2D eigenvalue weighted by atomic mass is 35.5. The number of rotatable bonds is 5. The van der Waals surface area contributed by atoms with Crippen LogP contribution in [-0.4, -0.2) is 34.1 Å². The maximum atomic E-state index is 6.17. The van der Waals surface area contributed by atoms with E-state index in [2.05, 4.69) is 46.3 Å². The van der Waals surface area contributed by atoms with E-state index >= 15 is 0 Å². The van der Waals surface area contributed by atoms with Crippen LogP contribution >= 0.6 is 23.2 Å². The van der Waals surface area contributed by atoms with Crippen molar-refractivity contribution in [3.8, 4) is 0 Å². The molecule has 5 heteroatoms. The first-order chi connectivity index (χ1) is 11.1. The Hall–Kier alpha value is -1.29. The Bertz CT molecular complexity index is 692. The monoisotopic (exact) mass is 349 g/mol. The van der Waals surface area contributed by atoms with Crippen LogP contribution in [0.4, 0.5) is 0 Å². The Labute approximate surface area is 147 Å². The molecule has 0 amide bonds. The predicted molar refractivity (Wildman–Crippen MR) is 97.1 cm³/mol. The lowest BCUT2D eigenvalue weighted by Gasteiger charge is -2.26. The van der Waals surface area contributed by atoms with Crippen molar-refractivity contribution in [2.45, 2.75) is 26.3 Å². The molecule has 1 aliphatic heterocycles. The van der Waals surface area contributed by atoms with E-state index in [4.69, 9.17) is 23.2 Å². The van der Waals surface area contributed by atoms with Crippen molar-refractivity contribution < 1.29 is 0 Å². The minimum Gasteiger partial charge on any atom is -0.318 e. The molecule has 0 bridgehead atoms. The van der Waals surface area contributed by atoms with Crippen LogP contribution in [0.1, 0.15) is 24.2 Å². The summed E-state index contributed by atoms with van der Waals surface area (Å²) in [6.07, 6.45) is 4.51. The first kappa shape index (κ1) is 16.6. The van der Waals surface area contributed by atoms with Crippen LogP contribution in [0.2, 0.25) is 10.3 Å². The highest BCUT2D eigenvalue weighted by Gasteiger charge is 2.14. The molecule has 0 atom stereocenters. The molecule has 0 saturated heterocycles. The summed E-state index contributed by atoms with van der Waals surface area (Å²) < 4.78 is 1.99. The zero-order valence-corrected chi connectivity index (χ0v) is 14.8. The third kappa shape index (κ3) is 3.97. The zero-order chi connectivity index (χ0) is 16.2. The second-order valence-electron chi connectivity index (χ2n) is 5.89. The maximum Gasteiger partial charge on any atom is 0.166 e. The highest BCUT2D eigenvalue weighted by molar-refractivity contribution is 6.40. The summed E-state index contributed by atoms with van der Waals surface area (Å²) in [7, 11) is 0. The van der Waals surface area contributed by atoms with Gasteiger partial charge in [-0.05, 0) is 30.9 Å². The lowest BCUT2D eigenvalue weighted by Crippen LogP contribution is -2.30. The number of halogens is 2. The average molecular weight is 350 g/mol. The Kier molecular flexibility index (Phi) is 5.42. The van der Waals surface area contributed by atoms with Crippen LogP contribution in [0, 0.1) is 6.92 Å². The Balaban J connectivity index is 1.50. The van der Waals surface area contributed by atoms with Gasteiger partial charge in [0.25, 0.3) is 0 Å². The van der Waals surface area contributed by atoms with Crippen LogP contribution in [0.3, 0.4) is 0 Å². The van der Waals surface area contributed by atoms with Gasteiger partial charge in [0.05, 0.1) is 0 Å². The molecule has 2 aromatic rings. The molecule has 0 N–H and O–H groups in total. The quantitative estimate of drug-likeness (QED) is 0.781. The number of aryl methyl sites for hydroxylation is 1. The van der Waals surface area contributed by atoms with Gasteiger partial charge >= 0.3 is 0 Å². The molecule has 23 heavy (non-hydrogen) atoms. The van der Waals surface area contributed by atoms with Gasteiger partial charge in [-0.25, -0.2) is 4.98 Å². The Morgan fingerprint density at radius 3 is 2.52 bits per heavy atom. The predicted octanol–water partition coefficient (Wildman–Crippen LogP) is 4.68. The second kappa shape index (κ2) is 7.52. The molecule has 0 fully saturated rings. The molecule has 0 radical (unpaired) electrons. The molecular formula is C18H21Cl2N3. The van der Waals surface area contributed by atoms with E-state index in [1.807, 2.05) is 11.5 Å². The first-order valence-corrected chi connectivity index (χ1v) is 8.75. The lowest BCUT2D eigenvalue weighted by molar-refractivity contribution is 0.291. The smallest absolute Gasteiger partial charge is 0.166 e. The summed E-state index contributed by atoms with van der Waals surface area (Å²) in [5.41, 5.74) is 2.81. The van der Waals surface area contributed by atoms with Crippen molar-refractivity contribution in [2.24, 2.45) is 0 Å². The van der Waals surface area contributed by atoms with Gasteiger partial charge < -0.3 is 4.57 Å². The molecule has 0 saturated carbocycles. The SMILES string of the molecule is Cc1nc(Cl)c(Cl)n1CCCN1CC=C(c2ccccc2)CC1. The second-order valence-corrected chi connectivity index (χ2v) is 6.61. The topological polar surface area (TPSA) is 21.1 Å². The van der Waals surface area contributed by atoms with Crippen molar-refractivity contribution in [3.05, 3.63) is 58.1 Å². The number of imidazole rings is 1. The molecule has 122 valence electrons. The number of aromatic nitrogens is 2. The molecular weight excluding hydrogens is 329 g/mol. The number of hydrogen-bond donors (Lipinski definition) is 0. The van der Waals surface area contributed by atoms with Gasteiger partial charge in [-0.15, -0.1) is 0 Å². The van der Waals surface area contributed by atoms with Crippen LogP contribution in [0.5, 0.6) is 0 Å². The summed E-state index contributed by atoms with van der Waals surface area (Å²) in [4.78, 5) is 6.67. The fourth-order valence-electron chi connectivity index (χ4n) is 3.04. The van der Waals surface area contributed by atoms with E-state index < -0.39 is 0 Å². The summed E-state index contributed by atoms with van der Waals surface area (Å²) >= 11 is 12.1. The van der Waals surface area contributed by atoms with Crippen molar-refractivity contribution in [2.75, 3.05) is 19.6 Å². The largest absolute Gasteiger partial charge is 0.318 e. The molecule has 3 rings (SSSR count). The van der Waals surface area contributed by atoms with E-state index in [9.17, 15) is 0 Å². The normalized spacial score (nSPS) is 15.7. The molecule has 0 aliphatic carbocycles. The van der Waals surface area contributed by atoms with Gasteiger partial charge in [-0.3, -0.25) is 4.90 Å². The summed E-state index contributed by atoms with van der Waals surface area (Å²) in [6, 6.07) is 10.6. The fourth-order valence-corrected chi connectivity index (χ4v) is 3.52. The van der Waals surface area contributed by atoms with Gasteiger partial charge in [0, 0.05) is 26.2 Å². The first-order valence-electron chi connectivity index (χ1n) is 8.00. The van der Waals surface area contributed by atoms with Crippen molar-refractivity contribution in [3.63, 3.8) is 0 Å². The molecule has 3 nitrogen and oxygen atoms in total. The number of benzene rings is 1. The minimum absolute atomic E-state index is 0.401. The summed E-state index contributed by atoms with van der Waals surface area (Å²) in [6.45, 7) is 5.98. The Morgan fingerprint density at radius 1 is 1.13 bits per heavy atom. The Morgan fingerprint density at radius 2 is 1.91 bits per heavy atom. The molecule has 0 unspecified atom stereocenters. The molecule has 0 spiro atoms. The molecule has 1 aromatic heterocycles. The van der Waals surface area contributed by atoms with Crippen LogP contribution in [0.25, 0.3) is 5.57 Å². The number of hydrogen-bond acceptors (Lipinski definition) is 2. The molecule has 1 aromatic carbocycles. The van der Waals surface area contributed by atoms with Gasteiger partial charge in [0.2, 0.25) is 0 Å². The standard InChI is InChI=1S/C18H21Cl2N3/c1-14-21-17(19)18(20)23(14)11-5-10-22-12-8-16(9-13-22)15-6-3-2-4-7-15/h2-4,6-8H,5,9-13H2,1H3. The van der Waals surface area contributed by atoms with Crippen molar-refractivity contribution in [1.29, 1.82) is 0 Å². The van der Waals surface area contributed by atoms with E-state index in [1.165, 1.54) is 11.1 Å². The van der Waals surface area contributed by atoms with Crippen LogP contribution in [-0.2, 0) is 6.54 Å². The lowest BCUT2D eigenvalue weighted by atomic mass is 9.99. The maximum absolute atomic E-state index is 6.17. The van der Waals surface area contributed by atoms with E-state index in [1.54, 1.807) is 0 Å². The zero-order valence-electron chi connectivity index (χ0n) is 13.3. The van der Waals surface area contributed by atoms with Gasteiger partial charge in [-0.1, -0.05) is 59.6 Å². The van der Waals surface area contributed by atoms with Crippen LogP contribution < -0.4 is 0 Å². The molecule has 2 heterocycles. The third-order valence-corrected chi connectivity index (χ3v) is 5.09. The van der Waals surface area contributed by atoms with E-state index in [-0.39, 0.29) is 0 Å². The third-order valence-electron chi connectivity index (χ3n) is 4.35. The van der Waals surface area contributed by atoms with E-state index in [0.717, 1.165) is 44.8 Å². The van der Waals surface area contributed by atoms with Crippen LogP contribution in [0.15, 0.2) is 36.4 Å². The summed E-state index contributed by atoms with van der Waals surface area (Å²) in [5, 5.41) is 0.951. The molecule has 1 aliphatic rings. The average Bonchev–Trinajstić information content (AvgIpc) is 2.82. The highest BCUT2D eigenvalue weighted by Crippen LogP contribution is 2.24. The fraction of sp³-hybridized carbons (Fsp3) is 0.389. The van der Waals surface area contributed by atoms with Crippen molar-refractivity contribution in [1.82, 2.24) is 14.5 Å². The van der Waals surface area contributed by atoms with Gasteiger partial charge in [0.1, 0.15) is 11.0 Å². The van der Waals surface area contributed by atoms with Gasteiger partial charge in [-0.2, -0.15) is 0 Å². The van der Waals surface area contributed by atoms with Crippen molar-refractivity contribution >= 4 is 28.8 Å². The summed E-state index contributed by atoms with van der Waals surface area (Å²) in [5.74, 6) is 0.880. The van der Waals surface area contributed by atoms with E-state index in [0.29, 0.717) is 10.3 Å². The van der Waals surface area contributed by atoms with Gasteiger partial charge in [0.15, 0.2) is 5.15 Å².